The predicted molar refractivity (Wildman–Crippen MR) is 68.9 cm³/mol. The van der Waals surface area contributed by atoms with Crippen LogP contribution in [0.3, 0.4) is 0 Å². The maximum absolute atomic E-state index is 9.51. The summed E-state index contributed by atoms with van der Waals surface area (Å²) in [6, 6.07) is 3.37. The lowest BCUT2D eigenvalue weighted by Crippen LogP contribution is -2.27. The lowest BCUT2D eigenvalue weighted by atomic mass is 9.92. The summed E-state index contributed by atoms with van der Waals surface area (Å²) in [4.78, 5) is 3.28. The molecule has 1 aliphatic carbocycles. The Labute approximate surface area is 105 Å². The third-order valence-corrected chi connectivity index (χ3v) is 3.32. The second-order valence-electron chi connectivity index (χ2n) is 4.47. The number of halogens is 1. The molecule has 3 rings (SSSR count). The van der Waals surface area contributed by atoms with Crippen molar-refractivity contribution in [1.29, 1.82) is 0 Å². The van der Waals surface area contributed by atoms with Crippen LogP contribution in [0.2, 0.25) is 0 Å². The molecule has 0 bridgehead atoms. The van der Waals surface area contributed by atoms with E-state index >= 15 is 0 Å². The Bertz CT molecular complexity index is 565. The SMILES string of the molecule is Cl.NC1CCc2[nH]c3cc(O)c(O)cc3c2C1. The molecule has 0 saturated heterocycles. The Kier molecular flexibility index (Phi) is 2.93. The molecule has 0 saturated carbocycles. The first-order valence-electron chi connectivity index (χ1n) is 5.46. The minimum Gasteiger partial charge on any atom is -0.504 e. The highest BCUT2D eigenvalue weighted by Gasteiger charge is 2.20. The Morgan fingerprint density at radius 2 is 1.94 bits per heavy atom. The Balaban J connectivity index is 0.00000108. The van der Waals surface area contributed by atoms with Crippen molar-refractivity contribution in [3.63, 3.8) is 0 Å². The zero-order valence-electron chi connectivity index (χ0n) is 9.23. The molecule has 1 aliphatic rings. The lowest BCUT2D eigenvalue weighted by Gasteiger charge is -2.18. The number of hydrogen-bond donors (Lipinski definition) is 4. The fourth-order valence-electron chi connectivity index (χ4n) is 2.47. The van der Waals surface area contributed by atoms with Crippen molar-refractivity contribution in [2.75, 3.05) is 0 Å². The molecule has 0 aliphatic heterocycles. The molecule has 0 spiro atoms. The van der Waals surface area contributed by atoms with Gasteiger partial charge < -0.3 is 20.9 Å². The molecule has 5 heteroatoms. The lowest BCUT2D eigenvalue weighted by molar-refractivity contribution is 0.405. The monoisotopic (exact) mass is 254 g/mol. The van der Waals surface area contributed by atoms with Crippen molar-refractivity contribution in [2.45, 2.75) is 25.3 Å². The van der Waals surface area contributed by atoms with Gasteiger partial charge in [-0.2, -0.15) is 0 Å². The van der Waals surface area contributed by atoms with E-state index in [-0.39, 0.29) is 29.9 Å². The zero-order chi connectivity index (χ0) is 11.3. The highest BCUT2D eigenvalue weighted by molar-refractivity contribution is 5.88. The number of phenols is 2. The number of phenolic OH excluding ortho intramolecular Hbond substituents is 2. The number of benzene rings is 1. The second kappa shape index (κ2) is 4.13. The molecular weight excluding hydrogens is 240 g/mol. The molecule has 1 unspecified atom stereocenters. The summed E-state index contributed by atoms with van der Waals surface area (Å²) in [6.07, 6.45) is 2.75. The summed E-state index contributed by atoms with van der Waals surface area (Å²) in [6.45, 7) is 0. The number of aromatic hydroxyl groups is 2. The van der Waals surface area contributed by atoms with Crippen molar-refractivity contribution < 1.29 is 10.2 Å². The maximum Gasteiger partial charge on any atom is 0.159 e. The van der Waals surface area contributed by atoms with Crippen LogP contribution in [0.4, 0.5) is 0 Å². The molecule has 5 N–H and O–H groups in total. The molecule has 1 atom stereocenters. The van der Waals surface area contributed by atoms with Crippen molar-refractivity contribution in [2.24, 2.45) is 5.73 Å². The summed E-state index contributed by atoms with van der Waals surface area (Å²) < 4.78 is 0. The molecule has 0 radical (unpaired) electrons. The summed E-state index contributed by atoms with van der Waals surface area (Å²) in [5.74, 6) is -0.163. The van der Waals surface area contributed by atoms with Crippen LogP contribution in [0.15, 0.2) is 12.1 Å². The van der Waals surface area contributed by atoms with Gasteiger partial charge in [0.1, 0.15) is 0 Å². The van der Waals surface area contributed by atoms with Gasteiger partial charge in [0.15, 0.2) is 11.5 Å². The van der Waals surface area contributed by atoms with Gasteiger partial charge in [-0.1, -0.05) is 0 Å². The standard InChI is InChI=1S/C12H14N2O2.ClH/c13-6-1-2-9-7(3-6)8-4-11(15)12(16)5-10(8)14-9;/h4-6,14-16H,1-3,13H2;1H. The third-order valence-electron chi connectivity index (χ3n) is 3.32. The van der Waals surface area contributed by atoms with Crippen molar-refractivity contribution in [3.05, 3.63) is 23.4 Å². The van der Waals surface area contributed by atoms with Crippen molar-refractivity contribution >= 4 is 23.3 Å². The number of rotatable bonds is 0. The van der Waals surface area contributed by atoms with E-state index in [9.17, 15) is 10.2 Å². The minimum absolute atomic E-state index is 0. The third kappa shape index (κ3) is 1.83. The van der Waals surface area contributed by atoms with Gasteiger partial charge in [0.25, 0.3) is 0 Å². The fourth-order valence-corrected chi connectivity index (χ4v) is 2.47. The number of fused-ring (bicyclic) bond motifs is 3. The molecule has 4 nitrogen and oxygen atoms in total. The molecule has 17 heavy (non-hydrogen) atoms. The average Bonchev–Trinajstić information content (AvgIpc) is 2.57. The summed E-state index contributed by atoms with van der Waals surface area (Å²) in [5.41, 5.74) is 9.18. The number of aromatic amines is 1. The Morgan fingerprint density at radius 1 is 1.24 bits per heavy atom. The molecule has 2 aromatic rings. The van der Waals surface area contributed by atoms with E-state index in [1.165, 1.54) is 11.3 Å². The summed E-state index contributed by atoms with van der Waals surface area (Å²) >= 11 is 0. The van der Waals surface area contributed by atoms with Crippen LogP contribution in [-0.4, -0.2) is 21.2 Å². The van der Waals surface area contributed by atoms with Gasteiger partial charge in [0.05, 0.1) is 0 Å². The van der Waals surface area contributed by atoms with Crippen LogP contribution < -0.4 is 5.73 Å². The summed E-state index contributed by atoms with van der Waals surface area (Å²) in [5, 5.41) is 19.9. The number of hydrogen-bond acceptors (Lipinski definition) is 3. The van der Waals surface area contributed by atoms with E-state index in [0.717, 1.165) is 30.2 Å². The molecule has 1 aromatic carbocycles. The summed E-state index contributed by atoms with van der Waals surface area (Å²) in [7, 11) is 0. The van der Waals surface area contributed by atoms with Crippen molar-refractivity contribution in [1.82, 2.24) is 4.98 Å². The molecular formula is C12H15ClN2O2. The van der Waals surface area contributed by atoms with Crippen LogP contribution >= 0.6 is 12.4 Å². The number of aryl methyl sites for hydroxylation is 1. The minimum atomic E-state index is -0.0876. The van der Waals surface area contributed by atoms with Crippen molar-refractivity contribution in [3.8, 4) is 11.5 Å². The highest BCUT2D eigenvalue weighted by Crippen LogP contribution is 2.35. The Morgan fingerprint density at radius 3 is 2.71 bits per heavy atom. The van der Waals surface area contributed by atoms with Gasteiger partial charge in [-0.3, -0.25) is 0 Å². The topological polar surface area (TPSA) is 82.3 Å². The molecule has 1 aromatic heterocycles. The first-order valence-corrected chi connectivity index (χ1v) is 5.46. The smallest absolute Gasteiger partial charge is 0.159 e. The largest absolute Gasteiger partial charge is 0.504 e. The van der Waals surface area contributed by atoms with E-state index < -0.39 is 0 Å². The van der Waals surface area contributed by atoms with E-state index in [1.807, 2.05) is 0 Å². The average molecular weight is 255 g/mol. The normalized spacial score (nSPS) is 18.8. The van der Waals surface area contributed by atoms with Crippen LogP contribution in [-0.2, 0) is 12.8 Å². The van der Waals surface area contributed by atoms with Gasteiger partial charge in [0.2, 0.25) is 0 Å². The Hall–Kier alpha value is -1.39. The van der Waals surface area contributed by atoms with Gasteiger partial charge in [-0.25, -0.2) is 0 Å². The van der Waals surface area contributed by atoms with E-state index in [4.69, 9.17) is 5.73 Å². The number of H-pyrrole nitrogens is 1. The predicted octanol–water partition coefficient (Wildman–Crippen LogP) is 1.82. The maximum atomic E-state index is 9.51. The molecule has 1 heterocycles. The van der Waals surface area contributed by atoms with Gasteiger partial charge in [0, 0.05) is 28.7 Å². The fraction of sp³-hybridized carbons (Fsp3) is 0.333. The van der Waals surface area contributed by atoms with E-state index in [0.29, 0.717) is 0 Å². The van der Waals surface area contributed by atoms with Gasteiger partial charge in [-0.05, 0) is 30.9 Å². The first kappa shape index (κ1) is 12.1. The van der Waals surface area contributed by atoms with Crippen LogP contribution in [0.1, 0.15) is 17.7 Å². The molecule has 0 fully saturated rings. The quantitative estimate of drug-likeness (QED) is 0.541. The van der Waals surface area contributed by atoms with Gasteiger partial charge >= 0.3 is 0 Å². The van der Waals surface area contributed by atoms with Crippen LogP contribution in [0.5, 0.6) is 11.5 Å². The number of aromatic nitrogens is 1. The number of nitrogens with one attached hydrogen (secondary N) is 1. The van der Waals surface area contributed by atoms with E-state index in [2.05, 4.69) is 4.98 Å². The number of nitrogens with two attached hydrogens (primary N) is 1. The second-order valence-corrected chi connectivity index (χ2v) is 4.47. The molecule has 0 amide bonds. The van der Waals surface area contributed by atoms with E-state index in [1.54, 1.807) is 12.1 Å². The van der Waals surface area contributed by atoms with Gasteiger partial charge in [-0.15, -0.1) is 12.4 Å². The zero-order valence-corrected chi connectivity index (χ0v) is 10.0. The first-order chi connectivity index (χ1) is 7.65. The van der Waals surface area contributed by atoms with Crippen LogP contribution in [0, 0.1) is 0 Å². The van der Waals surface area contributed by atoms with Crippen LogP contribution in [0.25, 0.3) is 10.9 Å². The highest BCUT2D eigenvalue weighted by atomic mass is 35.5. The molecule has 92 valence electrons.